The number of fused-ring (bicyclic) bond motifs is 4. The van der Waals surface area contributed by atoms with Gasteiger partial charge in [0.2, 0.25) is 5.89 Å². The minimum Gasteiger partial charge on any atom is -0.435 e. The van der Waals surface area contributed by atoms with Gasteiger partial charge in [0.1, 0.15) is 5.52 Å². The highest BCUT2D eigenvalue weighted by atomic mass is 32.1. The van der Waals surface area contributed by atoms with Gasteiger partial charge in [-0.1, -0.05) is 140 Å². The second-order valence-corrected chi connectivity index (χ2v) is 13.7. The quantitative estimate of drug-likeness (QED) is 0.174. The van der Waals surface area contributed by atoms with Crippen LogP contribution in [0.1, 0.15) is 0 Å². The van der Waals surface area contributed by atoms with E-state index in [1.807, 2.05) is 66.7 Å². The van der Waals surface area contributed by atoms with Crippen LogP contribution >= 0.6 is 11.3 Å². The van der Waals surface area contributed by atoms with Crippen molar-refractivity contribution in [1.29, 1.82) is 0 Å². The molecule has 10 rings (SSSR count). The average Bonchev–Trinajstić information content (AvgIpc) is 3.82. The van der Waals surface area contributed by atoms with E-state index in [2.05, 4.69) is 103 Å². The van der Waals surface area contributed by atoms with Crippen LogP contribution in [0.3, 0.4) is 0 Å². The first kappa shape index (κ1) is 30.1. The maximum absolute atomic E-state index is 6.76. The zero-order valence-electron chi connectivity index (χ0n) is 27.8. The lowest BCUT2D eigenvalue weighted by molar-refractivity contribution is 0.621. The van der Waals surface area contributed by atoms with Crippen molar-refractivity contribution in [2.24, 2.45) is 0 Å². The molecule has 244 valence electrons. The number of benzene rings is 7. The Bertz CT molecular complexity index is 2830. The van der Waals surface area contributed by atoms with Gasteiger partial charge >= 0.3 is 0 Å². The van der Waals surface area contributed by atoms with Crippen molar-refractivity contribution in [2.75, 3.05) is 0 Å². The van der Waals surface area contributed by atoms with Crippen LogP contribution in [-0.2, 0) is 0 Å². The van der Waals surface area contributed by atoms with E-state index in [-0.39, 0.29) is 0 Å². The first-order chi connectivity index (χ1) is 25.7. The lowest BCUT2D eigenvalue weighted by Gasteiger charge is -2.10. The summed E-state index contributed by atoms with van der Waals surface area (Å²) < 4.78 is 9.14. The molecule has 7 aromatic carbocycles. The minimum absolute atomic E-state index is 0.589. The zero-order valence-corrected chi connectivity index (χ0v) is 28.6. The highest BCUT2D eigenvalue weighted by molar-refractivity contribution is 7.26. The van der Waals surface area contributed by atoms with Gasteiger partial charge < -0.3 is 4.42 Å². The molecule has 0 amide bonds. The number of hydrogen-bond donors (Lipinski definition) is 0. The van der Waals surface area contributed by atoms with E-state index in [1.165, 1.54) is 15.6 Å². The largest absolute Gasteiger partial charge is 0.435 e. The summed E-state index contributed by atoms with van der Waals surface area (Å²) >= 11 is 1.78. The fourth-order valence-electron chi connectivity index (χ4n) is 6.86. The SMILES string of the molecule is c1ccc(-c2ccc(-c3nc4cc5sc6ccccc6c5c(-c5cccc(-c6nc(-c7ccccc7)nc(-c7ccccc7)n6)c5)c4o3)cc2)cc1. The Kier molecular flexibility index (Phi) is 7.25. The number of thiophene rings is 1. The highest BCUT2D eigenvalue weighted by Gasteiger charge is 2.21. The van der Waals surface area contributed by atoms with Crippen LogP contribution < -0.4 is 0 Å². The number of nitrogens with zero attached hydrogens (tertiary/aromatic N) is 4. The van der Waals surface area contributed by atoms with Crippen molar-refractivity contribution in [3.05, 3.63) is 170 Å². The fourth-order valence-corrected chi connectivity index (χ4v) is 8.00. The topological polar surface area (TPSA) is 64.7 Å². The Morgan fingerprint density at radius 1 is 0.385 bits per heavy atom. The second kappa shape index (κ2) is 12.5. The molecule has 0 N–H and O–H groups in total. The molecule has 0 aliphatic rings. The van der Waals surface area contributed by atoms with Crippen LogP contribution in [0.2, 0.25) is 0 Å². The Morgan fingerprint density at radius 2 is 0.904 bits per heavy atom. The second-order valence-electron chi connectivity index (χ2n) is 12.7. The van der Waals surface area contributed by atoms with Crippen LogP contribution in [0.25, 0.3) is 99.1 Å². The normalized spacial score (nSPS) is 11.5. The van der Waals surface area contributed by atoms with Crippen molar-refractivity contribution in [3.63, 3.8) is 0 Å². The molecule has 0 saturated heterocycles. The first-order valence-corrected chi connectivity index (χ1v) is 18.0. The maximum atomic E-state index is 6.76. The summed E-state index contributed by atoms with van der Waals surface area (Å²) in [6.45, 7) is 0. The van der Waals surface area contributed by atoms with E-state index >= 15 is 0 Å². The van der Waals surface area contributed by atoms with Gasteiger partial charge in [0.15, 0.2) is 23.1 Å². The van der Waals surface area contributed by atoms with Gasteiger partial charge in [-0.2, -0.15) is 0 Å². The van der Waals surface area contributed by atoms with Gasteiger partial charge in [-0.3, -0.25) is 0 Å². The number of hydrogen-bond acceptors (Lipinski definition) is 6. The molecule has 0 aliphatic heterocycles. The maximum Gasteiger partial charge on any atom is 0.227 e. The van der Waals surface area contributed by atoms with Gasteiger partial charge in [0.25, 0.3) is 0 Å². The van der Waals surface area contributed by atoms with E-state index in [4.69, 9.17) is 24.4 Å². The molecule has 10 aromatic rings. The third kappa shape index (κ3) is 5.34. The molecule has 5 nitrogen and oxygen atoms in total. The first-order valence-electron chi connectivity index (χ1n) is 17.1. The van der Waals surface area contributed by atoms with Crippen molar-refractivity contribution < 1.29 is 4.42 Å². The summed E-state index contributed by atoms with van der Waals surface area (Å²) in [5.41, 5.74) is 9.57. The molecule has 0 fully saturated rings. The van der Waals surface area contributed by atoms with Crippen molar-refractivity contribution >= 4 is 42.6 Å². The molecule has 0 saturated carbocycles. The van der Waals surface area contributed by atoms with Crippen LogP contribution in [0.4, 0.5) is 0 Å². The van der Waals surface area contributed by atoms with E-state index in [0.29, 0.717) is 23.4 Å². The number of rotatable bonds is 6. The zero-order chi connectivity index (χ0) is 34.4. The molecule has 0 aliphatic carbocycles. The summed E-state index contributed by atoms with van der Waals surface area (Å²) in [5, 5.41) is 2.34. The molecule has 52 heavy (non-hydrogen) atoms. The lowest BCUT2D eigenvalue weighted by Crippen LogP contribution is -2.00. The third-order valence-electron chi connectivity index (χ3n) is 9.37. The monoisotopic (exact) mass is 684 g/mol. The fraction of sp³-hybridized carbons (Fsp3) is 0. The highest BCUT2D eigenvalue weighted by Crippen LogP contribution is 2.45. The standard InChI is InChI=1S/C46H28N4OS/c1-4-13-29(14-5-1)30-23-25-33(26-24-30)46-47-37-28-39-41(36-21-10-11-22-38(36)52-39)40(42(37)51-46)34-19-12-20-35(27-34)45-49-43(31-15-6-2-7-16-31)48-44(50-45)32-17-8-3-9-18-32/h1-28H. The van der Waals surface area contributed by atoms with Gasteiger partial charge in [0.05, 0.1) is 0 Å². The van der Waals surface area contributed by atoms with Gasteiger partial charge in [-0.15, -0.1) is 11.3 Å². The summed E-state index contributed by atoms with van der Waals surface area (Å²) in [4.78, 5) is 20.0. The smallest absolute Gasteiger partial charge is 0.227 e. The summed E-state index contributed by atoms with van der Waals surface area (Å²) in [6, 6.07) is 58.1. The van der Waals surface area contributed by atoms with Crippen molar-refractivity contribution in [2.45, 2.75) is 0 Å². The molecule has 0 unspecified atom stereocenters. The summed E-state index contributed by atoms with van der Waals surface area (Å²) in [7, 11) is 0. The lowest BCUT2D eigenvalue weighted by atomic mass is 9.96. The average molecular weight is 685 g/mol. The Balaban J connectivity index is 1.16. The van der Waals surface area contributed by atoms with E-state index in [1.54, 1.807) is 11.3 Å². The van der Waals surface area contributed by atoms with E-state index < -0.39 is 0 Å². The van der Waals surface area contributed by atoms with Crippen molar-refractivity contribution in [1.82, 2.24) is 19.9 Å². The predicted octanol–water partition coefficient (Wildman–Crippen LogP) is 12.4. The Morgan fingerprint density at radius 3 is 1.58 bits per heavy atom. The molecule has 3 heterocycles. The minimum atomic E-state index is 0.589. The molecule has 3 aromatic heterocycles. The Hall–Kier alpha value is -6.76. The molecule has 6 heteroatoms. The molecule has 0 atom stereocenters. The molecule has 0 radical (unpaired) electrons. The summed E-state index contributed by atoms with van der Waals surface area (Å²) in [6.07, 6.45) is 0. The van der Waals surface area contributed by atoms with Gasteiger partial charge in [-0.25, -0.2) is 19.9 Å². The number of aromatic nitrogens is 4. The van der Waals surface area contributed by atoms with Crippen molar-refractivity contribution in [3.8, 4) is 67.9 Å². The summed E-state index contributed by atoms with van der Waals surface area (Å²) in [5.74, 6) is 2.44. The third-order valence-corrected chi connectivity index (χ3v) is 10.5. The molecule has 0 spiro atoms. The van der Waals surface area contributed by atoms with Crippen LogP contribution in [0.15, 0.2) is 174 Å². The molecular formula is C46H28N4OS. The van der Waals surface area contributed by atoms with E-state index in [9.17, 15) is 0 Å². The van der Waals surface area contributed by atoms with Crippen LogP contribution in [0, 0.1) is 0 Å². The van der Waals surface area contributed by atoms with Crippen LogP contribution in [-0.4, -0.2) is 19.9 Å². The molecule has 0 bridgehead atoms. The van der Waals surface area contributed by atoms with Crippen LogP contribution in [0.5, 0.6) is 0 Å². The van der Waals surface area contributed by atoms with E-state index in [0.717, 1.165) is 60.1 Å². The van der Waals surface area contributed by atoms with Gasteiger partial charge in [0, 0.05) is 48.0 Å². The number of oxazole rings is 1. The molecular weight excluding hydrogens is 657 g/mol. The predicted molar refractivity (Wildman–Crippen MR) is 213 cm³/mol. The Labute approximate surface area is 303 Å². The van der Waals surface area contributed by atoms with Gasteiger partial charge in [-0.05, 0) is 47.0 Å².